The SMILES string of the molecule is Cc1c(Cl)cccc1N/C=C1\C(=O)Nc2ccccc21. The summed E-state index contributed by atoms with van der Waals surface area (Å²) < 4.78 is 0. The van der Waals surface area contributed by atoms with Gasteiger partial charge in [-0.3, -0.25) is 4.79 Å². The molecule has 2 aromatic carbocycles. The maximum absolute atomic E-state index is 12.0. The average Bonchev–Trinajstić information content (AvgIpc) is 2.76. The Balaban J connectivity index is 1.94. The fourth-order valence-corrected chi connectivity index (χ4v) is 2.37. The summed E-state index contributed by atoms with van der Waals surface area (Å²) in [4.78, 5) is 12.0. The van der Waals surface area contributed by atoms with Gasteiger partial charge in [0.05, 0.1) is 5.57 Å². The van der Waals surface area contributed by atoms with Crippen LogP contribution >= 0.6 is 11.6 Å². The fourth-order valence-electron chi connectivity index (χ4n) is 2.20. The maximum atomic E-state index is 12.0. The standard InChI is InChI=1S/C16H13ClN2O/c1-10-13(17)6-4-8-14(10)18-9-12-11-5-2-3-7-15(11)19-16(12)20/h2-9,18H,1H3,(H,19,20)/b12-9-. The molecular weight excluding hydrogens is 272 g/mol. The van der Waals surface area contributed by atoms with Crippen molar-refractivity contribution >= 4 is 34.5 Å². The van der Waals surface area contributed by atoms with Crippen molar-refractivity contribution in [3.63, 3.8) is 0 Å². The third-order valence-corrected chi connectivity index (χ3v) is 3.76. The monoisotopic (exact) mass is 284 g/mol. The van der Waals surface area contributed by atoms with Gasteiger partial charge in [-0.2, -0.15) is 0 Å². The number of fused-ring (bicyclic) bond motifs is 1. The highest BCUT2D eigenvalue weighted by Gasteiger charge is 2.23. The topological polar surface area (TPSA) is 41.1 Å². The van der Waals surface area contributed by atoms with Crippen molar-refractivity contribution in [1.29, 1.82) is 0 Å². The van der Waals surface area contributed by atoms with Crippen molar-refractivity contribution in [3.05, 3.63) is 64.8 Å². The molecule has 20 heavy (non-hydrogen) atoms. The van der Waals surface area contributed by atoms with Crippen LogP contribution in [0.1, 0.15) is 11.1 Å². The van der Waals surface area contributed by atoms with Gasteiger partial charge in [-0.05, 0) is 30.7 Å². The molecule has 0 spiro atoms. The van der Waals surface area contributed by atoms with E-state index in [0.29, 0.717) is 10.6 Å². The molecule has 0 aliphatic carbocycles. The predicted octanol–water partition coefficient (Wildman–Crippen LogP) is 4.05. The van der Waals surface area contributed by atoms with Gasteiger partial charge in [-0.15, -0.1) is 0 Å². The van der Waals surface area contributed by atoms with Crippen LogP contribution in [0.2, 0.25) is 5.02 Å². The lowest BCUT2D eigenvalue weighted by molar-refractivity contribution is -0.110. The first-order valence-electron chi connectivity index (χ1n) is 6.29. The Morgan fingerprint density at radius 1 is 1.15 bits per heavy atom. The molecule has 1 aliphatic heterocycles. The van der Waals surface area contributed by atoms with Gasteiger partial charge in [0, 0.05) is 28.2 Å². The third-order valence-electron chi connectivity index (χ3n) is 3.35. The van der Waals surface area contributed by atoms with E-state index in [0.717, 1.165) is 22.5 Å². The van der Waals surface area contributed by atoms with Crippen molar-refractivity contribution in [2.75, 3.05) is 10.6 Å². The average molecular weight is 285 g/mol. The smallest absolute Gasteiger partial charge is 0.257 e. The van der Waals surface area contributed by atoms with E-state index < -0.39 is 0 Å². The van der Waals surface area contributed by atoms with Crippen LogP contribution < -0.4 is 10.6 Å². The Bertz CT molecular complexity index is 722. The zero-order chi connectivity index (χ0) is 14.1. The minimum absolute atomic E-state index is 0.0987. The highest BCUT2D eigenvalue weighted by Crippen LogP contribution is 2.31. The lowest BCUT2D eigenvalue weighted by Gasteiger charge is -2.07. The van der Waals surface area contributed by atoms with E-state index in [1.807, 2.05) is 49.4 Å². The lowest BCUT2D eigenvalue weighted by atomic mass is 10.1. The van der Waals surface area contributed by atoms with Crippen LogP contribution in [0.25, 0.3) is 5.57 Å². The molecule has 0 fully saturated rings. The van der Waals surface area contributed by atoms with Crippen LogP contribution in [0.3, 0.4) is 0 Å². The molecular formula is C16H13ClN2O. The Hall–Kier alpha value is -2.26. The molecule has 100 valence electrons. The molecule has 4 heteroatoms. The number of hydrogen-bond acceptors (Lipinski definition) is 2. The lowest BCUT2D eigenvalue weighted by Crippen LogP contribution is -2.05. The second-order valence-corrected chi connectivity index (χ2v) is 5.02. The van der Waals surface area contributed by atoms with Gasteiger partial charge in [-0.1, -0.05) is 35.9 Å². The summed E-state index contributed by atoms with van der Waals surface area (Å²) in [6.45, 7) is 1.94. The van der Waals surface area contributed by atoms with Gasteiger partial charge in [0.2, 0.25) is 0 Å². The minimum Gasteiger partial charge on any atom is -0.361 e. The highest BCUT2D eigenvalue weighted by atomic mass is 35.5. The first-order chi connectivity index (χ1) is 9.66. The van der Waals surface area contributed by atoms with Crippen LogP contribution in [0.4, 0.5) is 11.4 Å². The van der Waals surface area contributed by atoms with Crippen molar-refractivity contribution in [2.45, 2.75) is 6.92 Å². The van der Waals surface area contributed by atoms with E-state index >= 15 is 0 Å². The molecule has 0 saturated carbocycles. The Kier molecular flexibility index (Phi) is 3.20. The zero-order valence-electron chi connectivity index (χ0n) is 10.9. The van der Waals surface area contributed by atoms with E-state index in [4.69, 9.17) is 11.6 Å². The normalized spacial score (nSPS) is 15.1. The van der Waals surface area contributed by atoms with E-state index in [-0.39, 0.29) is 5.91 Å². The summed E-state index contributed by atoms with van der Waals surface area (Å²) in [5.74, 6) is -0.0987. The fraction of sp³-hybridized carbons (Fsp3) is 0.0625. The molecule has 0 unspecified atom stereocenters. The number of halogens is 1. The third kappa shape index (κ3) is 2.17. The molecule has 2 N–H and O–H groups in total. The van der Waals surface area contributed by atoms with Crippen LogP contribution in [0.5, 0.6) is 0 Å². The second kappa shape index (κ2) is 5.02. The van der Waals surface area contributed by atoms with Crippen LogP contribution in [0, 0.1) is 6.92 Å². The van der Waals surface area contributed by atoms with Crippen molar-refractivity contribution in [2.24, 2.45) is 0 Å². The van der Waals surface area contributed by atoms with Gasteiger partial charge < -0.3 is 10.6 Å². The molecule has 0 aromatic heterocycles. The number of para-hydroxylation sites is 1. The van der Waals surface area contributed by atoms with Gasteiger partial charge in [0.1, 0.15) is 0 Å². The van der Waals surface area contributed by atoms with Gasteiger partial charge in [-0.25, -0.2) is 0 Å². The zero-order valence-corrected chi connectivity index (χ0v) is 11.7. The molecule has 0 bridgehead atoms. The summed E-state index contributed by atoms with van der Waals surface area (Å²) in [5.41, 5.74) is 4.22. The largest absolute Gasteiger partial charge is 0.361 e. The number of amides is 1. The first kappa shape index (κ1) is 12.8. The van der Waals surface area contributed by atoms with Gasteiger partial charge >= 0.3 is 0 Å². The quantitative estimate of drug-likeness (QED) is 0.817. The molecule has 3 rings (SSSR count). The number of nitrogens with one attached hydrogen (secondary N) is 2. The van der Waals surface area contributed by atoms with Crippen LogP contribution in [-0.2, 0) is 4.79 Å². The van der Waals surface area contributed by atoms with E-state index in [1.54, 1.807) is 6.20 Å². The summed E-state index contributed by atoms with van der Waals surface area (Å²) in [5, 5.41) is 6.69. The second-order valence-electron chi connectivity index (χ2n) is 4.61. The van der Waals surface area contributed by atoms with Gasteiger partial charge in [0.15, 0.2) is 0 Å². The van der Waals surface area contributed by atoms with E-state index in [2.05, 4.69) is 10.6 Å². The van der Waals surface area contributed by atoms with Gasteiger partial charge in [0.25, 0.3) is 5.91 Å². The van der Waals surface area contributed by atoms with Crippen LogP contribution in [-0.4, -0.2) is 5.91 Å². The molecule has 3 nitrogen and oxygen atoms in total. The van der Waals surface area contributed by atoms with E-state index in [1.165, 1.54) is 0 Å². The van der Waals surface area contributed by atoms with E-state index in [9.17, 15) is 4.79 Å². The number of benzene rings is 2. The molecule has 1 amide bonds. The minimum atomic E-state index is -0.0987. The predicted molar refractivity (Wildman–Crippen MR) is 82.9 cm³/mol. The summed E-state index contributed by atoms with van der Waals surface area (Å²) in [6, 6.07) is 13.3. The molecule has 1 aliphatic rings. The van der Waals surface area contributed by atoms with Crippen molar-refractivity contribution in [1.82, 2.24) is 0 Å². The number of carbonyl (C=O) groups excluding carboxylic acids is 1. The van der Waals surface area contributed by atoms with Crippen molar-refractivity contribution < 1.29 is 4.79 Å². The molecule has 1 heterocycles. The maximum Gasteiger partial charge on any atom is 0.257 e. The van der Waals surface area contributed by atoms with Crippen molar-refractivity contribution in [3.8, 4) is 0 Å². The number of rotatable bonds is 2. The molecule has 0 saturated heterocycles. The molecule has 0 radical (unpaired) electrons. The van der Waals surface area contributed by atoms with Crippen LogP contribution in [0.15, 0.2) is 48.7 Å². The summed E-state index contributed by atoms with van der Waals surface area (Å²) in [6.07, 6.45) is 1.72. The molecule has 2 aromatic rings. The molecule has 0 atom stereocenters. The number of anilines is 2. The number of hydrogen-bond donors (Lipinski definition) is 2. The Morgan fingerprint density at radius 3 is 2.80 bits per heavy atom. The first-order valence-corrected chi connectivity index (χ1v) is 6.67. The Morgan fingerprint density at radius 2 is 1.95 bits per heavy atom. The number of carbonyl (C=O) groups is 1. The highest BCUT2D eigenvalue weighted by molar-refractivity contribution is 6.32. The summed E-state index contributed by atoms with van der Waals surface area (Å²) in [7, 11) is 0. The summed E-state index contributed by atoms with van der Waals surface area (Å²) >= 11 is 6.08. The Labute approximate surface area is 122 Å².